The third-order valence-corrected chi connectivity index (χ3v) is 9.70. The summed E-state index contributed by atoms with van der Waals surface area (Å²) < 4.78 is 0. The van der Waals surface area contributed by atoms with E-state index in [1.165, 1.54) is 92.5 Å². The van der Waals surface area contributed by atoms with Gasteiger partial charge < -0.3 is 0 Å². The van der Waals surface area contributed by atoms with Crippen LogP contribution in [0, 0.1) is 0 Å². The van der Waals surface area contributed by atoms with Crippen LogP contribution in [0.4, 0.5) is 0 Å². The van der Waals surface area contributed by atoms with Crippen molar-refractivity contribution < 1.29 is 0 Å². The fourth-order valence-electron chi connectivity index (χ4n) is 7.28. The Balaban J connectivity index is 1.16. The van der Waals surface area contributed by atoms with Gasteiger partial charge in [-0.2, -0.15) is 0 Å². The van der Waals surface area contributed by atoms with E-state index in [9.17, 15) is 0 Å². The van der Waals surface area contributed by atoms with Gasteiger partial charge in [0.2, 0.25) is 0 Å². The van der Waals surface area contributed by atoms with E-state index in [1.807, 2.05) is 0 Å². The molecule has 44 heavy (non-hydrogen) atoms. The van der Waals surface area contributed by atoms with Crippen molar-refractivity contribution in [3.05, 3.63) is 145 Å². The number of fused-ring (bicyclic) bond motifs is 4. The Morgan fingerprint density at radius 2 is 0.886 bits per heavy atom. The van der Waals surface area contributed by atoms with E-state index in [0.717, 1.165) is 0 Å². The minimum absolute atomic E-state index is 0.114. The van der Waals surface area contributed by atoms with E-state index in [1.54, 1.807) is 0 Å². The second-order valence-electron chi connectivity index (χ2n) is 13.4. The first kappa shape index (κ1) is 25.3. The van der Waals surface area contributed by atoms with E-state index in [-0.39, 0.29) is 5.41 Å². The lowest BCUT2D eigenvalue weighted by Crippen LogP contribution is -2.10. The molecule has 0 aromatic heterocycles. The van der Waals surface area contributed by atoms with Crippen molar-refractivity contribution in [2.45, 2.75) is 26.2 Å². The normalized spacial score (nSPS) is 12.4. The van der Waals surface area contributed by atoms with Gasteiger partial charge in [-0.25, -0.2) is 0 Å². The van der Waals surface area contributed by atoms with Gasteiger partial charge in [0, 0.05) is 0 Å². The van der Waals surface area contributed by atoms with Gasteiger partial charge >= 0.3 is 0 Å². The standard InChI is InChI=1S/C44H32/c1-44(2,3)37-24-35-17-11-29-18-20-39(40-21-19-36(25-37)42(35)43(29)40)34-16-15-30-22-31(13-14-32(30)23-34)33-12-10-28-9-8-27-6-4-5-7-38(27)41(28)26-33/h4-26H,1-3H3. The zero-order chi connectivity index (χ0) is 29.6. The highest BCUT2D eigenvalue weighted by atomic mass is 14.2. The SMILES string of the molecule is CC(C)(C)c1cc2ccc3ccc(-c4ccc5cc(-c6ccc7ccc8ccccc8c7c6)ccc5c4)c4ccc(c1)c2c34. The maximum atomic E-state index is 2.39. The number of rotatable bonds is 2. The third kappa shape index (κ3) is 3.84. The minimum Gasteiger partial charge on any atom is -0.0616 e. The molecule has 0 unspecified atom stereocenters. The lowest BCUT2D eigenvalue weighted by atomic mass is 9.82. The van der Waals surface area contributed by atoms with Crippen LogP contribution in [0.15, 0.2) is 140 Å². The van der Waals surface area contributed by atoms with Gasteiger partial charge in [-0.3, -0.25) is 0 Å². The Hall–Kier alpha value is -5.20. The van der Waals surface area contributed by atoms with E-state index in [2.05, 4.69) is 160 Å². The van der Waals surface area contributed by atoms with E-state index < -0.39 is 0 Å². The minimum atomic E-state index is 0.114. The first-order chi connectivity index (χ1) is 21.4. The Morgan fingerprint density at radius 3 is 1.66 bits per heavy atom. The van der Waals surface area contributed by atoms with Crippen molar-refractivity contribution in [3.8, 4) is 22.3 Å². The molecule has 0 aliphatic carbocycles. The summed E-state index contributed by atoms with van der Waals surface area (Å²) in [5, 5.41) is 15.7. The summed E-state index contributed by atoms with van der Waals surface area (Å²) in [6, 6.07) is 52.4. The zero-order valence-corrected chi connectivity index (χ0v) is 25.3. The van der Waals surface area contributed by atoms with Crippen molar-refractivity contribution in [1.29, 1.82) is 0 Å². The van der Waals surface area contributed by atoms with Crippen molar-refractivity contribution in [2.24, 2.45) is 0 Å². The topological polar surface area (TPSA) is 0 Å². The molecule has 0 heteroatoms. The number of hydrogen-bond donors (Lipinski definition) is 0. The molecule has 0 N–H and O–H groups in total. The second kappa shape index (κ2) is 9.15. The van der Waals surface area contributed by atoms with Crippen LogP contribution in [0.1, 0.15) is 26.3 Å². The van der Waals surface area contributed by atoms with Gasteiger partial charge in [0.25, 0.3) is 0 Å². The highest BCUT2D eigenvalue weighted by Gasteiger charge is 2.18. The van der Waals surface area contributed by atoms with Crippen LogP contribution in [0.25, 0.3) is 86.9 Å². The Bertz CT molecular complexity index is 2560. The highest BCUT2D eigenvalue weighted by Crippen LogP contribution is 2.42. The molecule has 9 aromatic rings. The highest BCUT2D eigenvalue weighted by molar-refractivity contribution is 6.25. The van der Waals surface area contributed by atoms with E-state index in [0.29, 0.717) is 0 Å². The average molecular weight is 561 g/mol. The average Bonchev–Trinajstić information content (AvgIpc) is 3.05. The van der Waals surface area contributed by atoms with Gasteiger partial charge in [0.05, 0.1) is 0 Å². The molecule has 208 valence electrons. The third-order valence-electron chi connectivity index (χ3n) is 9.70. The maximum Gasteiger partial charge on any atom is -0.00206 e. The van der Waals surface area contributed by atoms with Crippen molar-refractivity contribution >= 4 is 64.6 Å². The predicted octanol–water partition coefficient (Wildman–Crippen LogP) is 12.7. The summed E-state index contributed by atoms with van der Waals surface area (Å²) in [4.78, 5) is 0. The molecule has 9 aromatic carbocycles. The van der Waals surface area contributed by atoms with Crippen molar-refractivity contribution in [3.63, 3.8) is 0 Å². The smallest absolute Gasteiger partial charge is 0.00206 e. The summed E-state index contributed by atoms with van der Waals surface area (Å²) in [6.45, 7) is 6.89. The van der Waals surface area contributed by atoms with Crippen LogP contribution in [-0.2, 0) is 5.41 Å². The molecule has 0 bridgehead atoms. The summed E-state index contributed by atoms with van der Waals surface area (Å²) in [7, 11) is 0. The molecular formula is C44H32. The van der Waals surface area contributed by atoms with E-state index >= 15 is 0 Å². The quantitative estimate of drug-likeness (QED) is 0.184. The van der Waals surface area contributed by atoms with Crippen LogP contribution in [0.3, 0.4) is 0 Å². The molecule has 0 aliphatic heterocycles. The van der Waals surface area contributed by atoms with Crippen LogP contribution < -0.4 is 0 Å². The van der Waals surface area contributed by atoms with Gasteiger partial charge in [-0.05, 0) is 116 Å². The molecule has 0 amide bonds. The Morgan fingerprint density at radius 1 is 0.341 bits per heavy atom. The molecule has 9 rings (SSSR count). The lowest BCUT2D eigenvalue weighted by molar-refractivity contribution is 0.591. The predicted molar refractivity (Wildman–Crippen MR) is 192 cm³/mol. The molecule has 0 radical (unpaired) electrons. The summed E-state index contributed by atoms with van der Waals surface area (Å²) >= 11 is 0. The molecule has 0 nitrogen and oxygen atoms in total. The zero-order valence-electron chi connectivity index (χ0n) is 25.3. The first-order valence-corrected chi connectivity index (χ1v) is 15.6. The maximum absolute atomic E-state index is 2.39. The second-order valence-corrected chi connectivity index (χ2v) is 13.4. The fourth-order valence-corrected chi connectivity index (χ4v) is 7.28. The van der Waals surface area contributed by atoms with Gasteiger partial charge in [-0.1, -0.05) is 142 Å². The van der Waals surface area contributed by atoms with Crippen LogP contribution in [0.5, 0.6) is 0 Å². The lowest BCUT2D eigenvalue weighted by Gasteiger charge is -2.22. The molecule has 0 heterocycles. The first-order valence-electron chi connectivity index (χ1n) is 15.6. The van der Waals surface area contributed by atoms with Gasteiger partial charge in [0.1, 0.15) is 0 Å². The Kier molecular flexibility index (Phi) is 5.26. The van der Waals surface area contributed by atoms with Crippen LogP contribution in [0.2, 0.25) is 0 Å². The summed E-state index contributed by atoms with van der Waals surface area (Å²) in [5.41, 5.74) is 6.55. The summed E-state index contributed by atoms with van der Waals surface area (Å²) in [5.74, 6) is 0. The van der Waals surface area contributed by atoms with Crippen molar-refractivity contribution in [1.82, 2.24) is 0 Å². The van der Waals surface area contributed by atoms with Gasteiger partial charge in [0.15, 0.2) is 0 Å². The molecular weight excluding hydrogens is 528 g/mol. The van der Waals surface area contributed by atoms with Crippen molar-refractivity contribution in [2.75, 3.05) is 0 Å². The fraction of sp³-hybridized carbons (Fsp3) is 0.0909. The molecule has 0 spiro atoms. The largest absolute Gasteiger partial charge is 0.0616 e. The Labute approximate surface area is 257 Å². The van der Waals surface area contributed by atoms with Gasteiger partial charge in [-0.15, -0.1) is 0 Å². The number of hydrogen-bond acceptors (Lipinski definition) is 0. The molecule has 0 aliphatic rings. The molecule has 0 atom stereocenters. The van der Waals surface area contributed by atoms with Crippen LogP contribution in [-0.4, -0.2) is 0 Å². The number of benzene rings is 9. The monoisotopic (exact) mass is 560 g/mol. The molecule has 0 saturated heterocycles. The van der Waals surface area contributed by atoms with E-state index in [4.69, 9.17) is 0 Å². The van der Waals surface area contributed by atoms with Crippen LogP contribution >= 0.6 is 0 Å². The summed E-state index contributed by atoms with van der Waals surface area (Å²) in [6.07, 6.45) is 0. The molecule has 0 saturated carbocycles. The molecule has 0 fully saturated rings.